The van der Waals surface area contributed by atoms with Gasteiger partial charge < -0.3 is 9.72 Å². The molecule has 5 heteroatoms. The molecule has 1 aromatic carbocycles. The van der Waals surface area contributed by atoms with Gasteiger partial charge in [0.2, 0.25) is 5.78 Å². The van der Waals surface area contributed by atoms with Gasteiger partial charge >= 0.3 is 5.97 Å². The second kappa shape index (κ2) is 5.18. The number of ether oxygens (including phenoxy) is 1. The molecule has 3 aromatic rings. The third kappa shape index (κ3) is 2.25. The number of fused-ring (bicyclic) bond motifs is 1. The highest BCUT2D eigenvalue weighted by atomic mass is 32.1. The SMILES string of the molecule is COC(=O)c1cc(C(=O)c2c[nH]c3ccccc23)sc1C. The number of aromatic amines is 1. The molecular weight excluding hydrogens is 286 g/mol. The molecule has 0 bridgehead atoms. The minimum Gasteiger partial charge on any atom is -0.465 e. The van der Waals surface area contributed by atoms with Crippen LogP contribution in [0.25, 0.3) is 10.9 Å². The van der Waals surface area contributed by atoms with Crippen molar-refractivity contribution in [3.05, 3.63) is 57.4 Å². The van der Waals surface area contributed by atoms with E-state index < -0.39 is 5.97 Å². The van der Waals surface area contributed by atoms with Gasteiger partial charge in [0, 0.05) is 27.5 Å². The van der Waals surface area contributed by atoms with Crippen molar-refractivity contribution in [2.75, 3.05) is 7.11 Å². The lowest BCUT2D eigenvalue weighted by Gasteiger charge is -1.96. The fourth-order valence-electron chi connectivity index (χ4n) is 2.30. The Labute approximate surface area is 125 Å². The van der Waals surface area contributed by atoms with E-state index in [0.29, 0.717) is 16.0 Å². The van der Waals surface area contributed by atoms with Crippen molar-refractivity contribution in [1.29, 1.82) is 0 Å². The summed E-state index contributed by atoms with van der Waals surface area (Å²) in [5, 5.41) is 0.883. The van der Waals surface area contributed by atoms with Gasteiger partial charge in [0.05, 0.1) is 17.6 Å². The largest absolute Gasteiger partial charge is 0.465 e. The number of para-hydroxylation sites is 1. The van der Waals surface area contributed by atoms with Gasteiger partial charge in [0.1, 0.15) is 0 Å². The number of hydrogen-bond acceptors (Lipinski definition) is 4. The standard InChI is InChI=1S/C16H13NO3S/c1-9-11(16(19)20-2)7-14(21-9)15(18)12-8-17-13-6-4-3-5-10(12)13/h3-8,17H,1-2H3. The van der Waals surface area contributed by atoms with Gasteiger partial charge in [-0.1, -0.05) is 18.2 Å². The molecule has 0 fully saturated rings. The summed E-state index contributed by atoms with van der Waals surface area (Å²) in [6, 6.07) is 9.24. The molecule has 3 rings (SSSR count). The Hall–Kier alpha value is -2.40. The summed E-state index contributed by atoms with van der Waals surface area (Å²) in [5.41, 5.74) is 1.98. The highest BCUT2D eigenvalue weighted by Gasteiger charge is 2.20. The van der Waals surface area contributed by atoms with Crippen LogP contribution >= 0.6 is 11.3 Å². The average Bonchev–Trinajstić information content (AvgIpc) is 3.09. The number of benzene rings is 1. The summed E-state index contributed by atoms with van der Waals surface area (Å²) >= 11 is 1.31. The smallest absolute Gasteiger partial charge is 0.338 e. The number of esters is 1. The maximum absolute atomic E-state index is 12.6. The first-order valence-electron chi connectivity index (χ1n) is 6.41. The van der Waals surface area contributed by atoms with E-state index in [1.807, 2.05) is 31.2 Å². The van der Waals surface area contributed by atoms with E-state index in [2.05, 4.69) is 4.98 Å². The summed E-state index contributed by atoms with van der Waals surface area (Å²) < 4.78 is 4.72. The molecule has 0 saturated carbocycles. The first-order chi connectivity index (χ1) is 10.1. The van der Waals surface area contributed by atoms with Gasteiger partial charge in [0.15, 0.2) is 0 Å². The second-order valence-electron chi connectivity index (χ2n) is 4.65. The third-order valence-electron chi connectivity index (χ3n) is 3.38. The van der Waals surface area contributed by atoms with Gasteiger partial charge in [-0.15, -0.1) is 11.3 Å². The average molecular weight is 299 g/mol. The molecule has 0 aliphatic heterocycles. The lowest BCUT2D eigenvalue weighted by molar-refractivity contribution is 0.0600. The predicted molar refractivity (Wildman–Crippen MR) is 82.1 cm³/mol. The molecule has 0 unspecified atom stereocenters. The zero-order valence-electron chi connectivity index (χ0n) is 11.6. The number of carbonyl (C=O) groups is 2. The van der Waals surface area contributed by atoms with Crippen molar-refractivity contribution in [3.63, 3.8) is 0 Å². The monoisotopic (exact) mass is 299 g/mol. The minimum absolute atomic E-state index is 0.0873. The van der Waals surface area contributed by atoms with Crippen molar-refractivity contribution < 1.29 is 14.3 Å². The lowest BCUT2D eigenvalue weighted by Crippen LogP contribution is -2.01. The zero-order valence-corrected chi connectivity index (χ0v) is 12.4. The summed E-state index contributed by atoms with van der Waals surface area (Å²) in [6.07, 6.45) is 1.71. The quantitative estimate of drug-likeness (QED) is 0.594. The van der Waals surface area contributed by atoms with Crippen LogP contribution < -0.4 is 0 Å². The Morgan fingerprint density at radius 1 is 1.19 bits per heavy atom. The Morgan fingerprint density at radius 2 is 1.95 bits per heavy atom. The van der Waals surface area contributed by atoms with Crippen molar-refractivity contribution >= 4 is 34.0 Å². The number of hydrogen-bond donors (Lipinski definition) is 1. The minimum atomic E-state index is -0.415. The molecule has 0 radical (unpaired) electrons. The highest BCUT2D eigenvalue weighted by molar-refractivity contribution is 7.14. The molecular formula is C16H13NO3S. The van der Waals surface area contributed by atoms with Crippen LogP contribution in [0.4, 0.5) is 0 Å². The highest BCUT2D eigenvalue weighted by Crippen LogP contribution is 2.27. The van der Waals surface area contributed by atoms with Crippen LogP contribution in [-0.2, 0) is 4.74 Å². The number of aromatic nitrogens is 1. The number of carbonyl (C=O) groups excluding carboxylic acids is 2. The Bertz CT molecular complexity index is 844. The molecule has 0 saturated heterocycles. The van der Waals surface area contributed by atoms with E-state index in [0.717, 1.165) is 15.8 Å². The van der Waals surface area contributed by atoms with Crippen LogP contribution in [0.5, 0.6) is 0 Å². The fourth-order valence-corrected chi connectivity index (χ4v) is 3.26. The molecule has 0 aliphatic rings. The van der Waals surface area contributed by atoms with Crippen molar-refractivity contribution in [2.24, 2.45) is 0 Å². The number of nitrogens with one attached hydrogen (secondary N) is 1. The molecule has 4 nitrogen and oxygen atoms in total. The molecule has 21 heavy (non-hydrogen) atoms. The van der Waals surface area contributed by atoms with Crippen molar-refractivity contribution in [2.45, 2.75) is 6.92 Å². The Morgan fingerprint density at radius 3 is 2.71 bits per heavy atom. The number of rotatable bonds is 3. The molecule has 2 aromatic heterocycles. The number of H-pyrrole nitrogens is 1. The maximum Gasteiger partial charge on any atom is 0.338 e. The Balaban J connectivity index is 2.05. The lowest BCUT2D eigenvalue weighted by atomic mass is 10.1. The van der Waals surface area contributed by atoms with E-state index >= 15 is 0 Å². The van der Waals surface area contributed by atoms with E-state index in [1.165, 1.54) is 18.4 Å². The molecule has 2 heterocycles. The molecule has 0 aliphatic carbocycles. The van der Waals surface area contributed by atoms with Crippen LogP contribution in [0.15, 0.2) is 36.5 Å². The van der Waals surface area contributed by atoms with Crippen LogP contribution in [-0.4, -0.2) is 23.8 Å². The fraction of sp³-hybridized carbons (Fsp3) is 0.125. The van der Waals surface area contributed by atoms with E-state index in [4.69, 9.17) is 4.74 Å². The van der Waals surface area contributed by atoms with Crippen LogP contribution in [0.1, 0.15) is 30.5 Å². The van der Waals surface area contributed by atoms with E-state index in [-0.39, 0.29) is 5.78 Å². The van der Waals surface area contributed by atoms with Gasteiger partial charge in [0.25, 0.3) is 0 Å². The van der Waals surface area contributed by atoms with Crippen LogP contribution in [0, 0.1) is 6.92 Å². The van der Waals surface area contributed by atoms with E-state index in [1.54, 1.807) is 12.3 Å². The first kappa shape index (κ1) is 13.6. The van der Waals surface area contributed by atoms with Crippen LogP contribution in [0.2, 0.25) is 0 Å². The third-order valence-corrected chi connectivity index (χ3v) is 4.43. The normalized spacial score (nSPS) is 10.8. The molecule has 0 atom stereocenters. The van der Waals surface area contributed by atoms with Gasteiger partial charge in [-0.3, -0.25) is 4.79 Å². The van der Waals surface area contributed by atoms with Crippen molar-refractivity contribution in [3.8, 4) is 0 Å². The summed E-state index contributed by atoms with van der Waals surface area (Å²) in [5.74, 6) is -0.502. The van der Waals surface area contributed by atoms with Gasteiger partial charge in [-0.25, -0.2) is 4.79 Å². The van der Waals surface area contributed by atoms with Crippen LogP contribution in [0.3, 0.4) is 0 Å². The molecule has 106 valence electrons. The predicted octanol–water partition coefficient (Wildman–Crippen LogP) is 3.56. The summed E-state index contributed by atoms with van der Waals surface area (Å²) in [4.78, 5) is 28.7. The number of thiophene rings is 1. The molecule has 0 amide bonds. The van der Waals surface area contributed by atoms with Gasteiger partial charge in [-0.05, 0) is 19.1 Å². The number of aryl methyl sites for hydroxylation is 1. The second-order valence-corrected chi connectivity index (χ2v) is 5.91. The van der Waals surface area contributed by atoms with Crippen molar-refractivity contribution in [1.82, 2.24) is 4.98 Å². The topological polar surface area (TPSA) is 59.2 Å². The van der Waals surface area contributed by atoms with E-state index in [9.17, 15) is 9.59 Å². The first-order valence-corrected chi connectivity index (χ1v) is 7.23. The molecule has 1 N–H and O–H groups in total. The Kier molecular flexibility index (Phi) is 3.35. The summed E-state index contributed by atoms with van der Waals surface area (Å²) in [6.45, 7) is 1.81. The van der Waals surface area contributed by atoms with Gasteiger partial charge in [-0.2, -0.15) is 0 Å². The molecule has 0 spiro atoms. The summed E-state index contributed by atoms with van der Waals surface area (Å²) in [7, 11) is 1.33. The maximum atomic E-state index is 12.6. The zero-order chi connectivity index (χ0) is 15.0. The number of methoxy groups -OCH3 is 1. The number of ketones is 1.